The van der Waals surface area contributed by atoms with E-state index in [2.05, 4.69) is 15.3 Å². The van der Waals surface area contributed by atoms with Gasteiger partial charge < -0.3 is 10.2 Å². The summed E-state index contributed by atoms with van der Waals surface area (Å²) in [4.78, 5) is 14.9. The molecule has 1 amide bonds. The molecule has 2 heterocycles. The molecule has 1 N–H and O–H groups in total. The summed E-state index contributed by atoms with van der Waals surface area (Å²) in [5, 5.41) is 7.39. The van der Waals surface area contributed by atoms with Crippen molar-refractivity contribution < 1.29 is 13.6 Å². The van der Waals surface area contributed by atoms with E-state index in [1.165, 1.54) is 30.3 Å². The van der Waals surface area contributed by atoms with E-state index in [0.717, 1.165) is 38.0 Å². The summed E-state index contributed by atoms with van der Waals surface area (Å²) < 4.78 is 29.5. The van der Waals surface area contributed by atoms with E-state index < -0.39 is 11.7 Å². The maximum atomic E-state index is 14.1. The van der Waals surface area contributed by atoms with E-state index in [1.807, 2.05) is 0 Å². The number of halogens is 2. The number of amides is 1. The first-order chi connectivity index (χ1) is 14.0. The Balaban J connectivity index is 1.78. The van der Waals surface area contributed by atoms with Gasteiger partial charge in [-0.2, -0.15) is 5.10 Å². The zero-order valence-corrected chi connectivity index (χ0v) is 16.2. The second kappa shape index (κ2) is 8.03. The van der Waals surface area contributed by atoms with Gasteiger partial charge in [-0.05, 0) is 43.5 Å². The SMILES string of the molecule is Cn1nc(-c2cccc(F)c2)c(N2CCCCC2)c1NC(=O)c1ccccc1F. The molecule has 0 spiro atoms. The summed E-state index contributed by atoms with van der Waals surface area (Å²) >= 11 is 0. The first kappa shape index (κ1) is 19.1. The molecule has 0 unspecified atom stereocenters. The molecule has 5 nitrogen and oxygen atoms in total. The van der Waals surface area contributed by atoms with E-state index in [9.17, 15) is 13.6 Å². The minimum absolute atomic E-state index is 0.0365. The monoisotopic (exact) mass is 396 g/mol. The normalized spacial score (nSPS) is 14.1. The molecule has 1 fully saturated rings. The van der Waals surface area contributed by atoms with Crippen molar-refractivity contribution in [2.24, 2.45) is 7.05 Å². The van der Waals surface area contributed by atoms with Crippen LogP contribution in [0.2, 0.25) is 0 Å². The average molecular weight is 396 g/mol. The van der Waals surface area contributed by atoms with Crippen LogP contribution < -0.4 is 10.2 Å². The molecule has 0 atom stereocenters. The molecule has 1 aromatic heterocycles. The molecule has 3 aromatic rings. The largest absolute Gasteiger partial charge is 0.367 e. The second-order valence-corrected chi connectivity index (χ2v) is 7.16. The molecule has 29 heavy (non-hydrogen) atoms. The van der Waals surface area contributed by atoms with Crippen molar-refractivity contribution in [3.8, 4) is 11.3 Å². The lowest BCUT2D eigenvalue weighted by Crippen LogP contribution is -2.30. The topological polar surface area (TPSA) is 50.2 Å². The summed E-state index contributed by atoms with van der Waals surface area (Å²) in [6, 6.07) is 12.1. The lowest BCUT2D eigenvalue weighted by molar-refractivity contribution is 0.102. The van der Waals surface area contributed by atoms with Crippen LogP contribution in [0.25, 0.3) is 11.3 Å². The third-order valence-electron chi connectivity index (χ3n) is 5.14. The highest BCUT2D eigenvalue weighted by atomic mass is 19.1. The van der Waals surface area contributed by atoms with Crippen LogP contribution in [0.4, 0.5) is 20.3 Å². The summed E-state index contributed by atoms with van der Waals surface area (Å²) in [5.41, 5.74) is 1.93. The highest BCUT2D eigenvalue weighted by molar-refractivity contribution is 6.06. The molecular formula is C22H22F2N4O. The molecule has 1 saturated heterocycles. The number of aromatic nitrogens is 2. The molecule has 1 aliphatic rings. The first-order valence-corrected chi connectivity index (χ1v) is 9.68. The molecule has 4 rings (SSSR count). The third-order valence-corrected chi connectivity index (χ3v) is 5.14. The van der Waals surface area contributed by atoms with Crippen molar-refractivity contribution in [3.63, 3.8) is 0 Å². The Morgan fingerprint density at radius 3 is 2.52 bits per heavy atom. The van der Waals surface area contributed by atoms with Crippen LogP contribution in [0.3, 0.4) is 0 Å². The fourth-order valence-corrected chi connectivity index (χ4v) is 3.72. The molecule has 150 valence electrons. The van der Waals surface area contributed by atoms with Gasteiger partial charge in [0.05, 0.1) is 5.56 Å². The number of carbonyl (C=O) groups excluding carboxylic acids is 1. The number of hydrogen-bond acceptors (Lipinski definition) is 3. The van der Waals surface area contributed by atoms with Crippen LogP contribution in [0.5, 0.6) is 0 Å². The van der Waals surface area contributed by atoms with E-state index in [4.69, 9.17) is 0 Å². The van der Waals surface area contributed by atoms with Crippen LogP contribution in [0.15, 0.2) is 48.5 Å². The van der Waals surface area contributed by atoms with Crippen molar-refractivity contribution in [2.45, 2.75) is 19.3 Å². The minimum atomic E-state index is -0.586. The Morgan fingerprint density at radius 1 is 1.03 bits per heavy atom. The number of anilines is 2. The fraction of sp³-hybridized carbons (Fsp3) is 0.273. The highest BCUT2D eigenvalue weighted by Crippen LogP contribution is 2.38. The summed E-state index contributed by atoms with van der Waals surface area (Å²) in [7, 11) is 1.72. The number of rotatable bonds is 4. The number of hydrogen-bond donors (Lipinski definition) is 1. The smallest absolute Gasteiger partial charge is 0.259 e. The van der Waals surface area contributed by atoms with Crippen LogP contribution in [0, 0.1) is 11.6 Å². The lowest BCUT2D eigenvalue weighted by Gasteiger charge is -2.29. The molecule has 0 bridgehead atoms. The van der Waals surface area contributed by atoms with Crippen LogP contribution >= 0.6 is 0 Å². The van der Waals surface area contributed by atoms with Gasteiger partial charge in [-0.1, -0.05) is 24.3 Å². The number of benzene rings is 2. The minimum Gasteiger partial charge on any atom is -0.367 e. The number of carbonyl (C=O) groups is 1. The van der Waals surface area contributed by atoms with Gasteiger partial charge in [0.25, 0.3) is 5.91 Å². The van der Waals surface area contributed by atoms with Crippen LogP contribution in [0.1, 0.15) is 29.6 Å². The molecule has 0 radical (unpaired) electrons. The molecule has 7 heteroatoms. The summed E-state index contributed by atoms with van der Waals surface area (Å²) in [6.07, 6.45) is 3.19. The molecule has 0 aliphatic carbocycles. The molecule has 0 saturated carbocycles. The highest BCUT2D eigenvalue weighted by Gasteiger charge is 2.26. The van der Waals surface area contributed by atoms with Crippen molar-refractivity contribution in [1.82, 2.24) is 9.78 Å². The Morgan fingerprint density at radius 2 is 1.79 bits per heavy atom. The number of piperidine rings is 1. The van der Waals surface area contributed by atoms with E-state index in [1.54, 1.807) is 29.9 Å². The van der Waals surface area contributed by atoms with Gasteiger partial charge in [0, 0.05) is 25.7 Å². The van der Waals surface area contributed by atoms with Gasteiger partial charge in [0.1, 0.15) is 23.0 Å². The number of nitrogens with one attached hydrogen (secondary N) is 1. The van der Waals surface area contributed by atoms with Crippen LogP contribution in [-0.4, -0.2) is 28.8 Å². The van der Waals surface area contributed by atoms with Crippen molar-refractivity contribution in [1.29, 1.82) is 0 Å². The number of nitrogens with zero attached hydrogens (tertiary/aromatic N) is 3. The Kier molecular flexibility index (Phi) is 5.29. The summed E-state index contributed by atoms with van der Waals surface area (Å²) in [5.74, 6) is -1.01. The maximum absolute atomic E-state index is 14.1. The van der Waals surface area contributed by atoms with Crippen LogP contribution in [-0.2, 0) is 7.05 Å². The Labute approximate surface area is 168 Å². The predicted molar refractivity (Wildman–Crippen MR) is 109 cm³/mol. The molecular weight excluding hydrogens is 374 g/mol. The fourth-order valence-electron chi connectivity index (χ4n) is 3.72. The summed E-state index contributed by atoms with van der Waals surface area (Å²) in [6.45, 7) is 1.63. The second-order valence-electron chi connectivity index (χ2n) is 7.16. The number of aryl methyl sites for hydroxylation is 1. The van der Waals surface area contributed by atoms with Crippen molar-refractivity contribution >= 4 is 17.4 Å². The van der Waals surface area contributed by atoms with E-state index in [0.29, 0.717) is 17.1 Å². The van der Waals surface area contributed by atoms with Gasteiger partial charge >= 0.3 is 0 Å². The lowest BCUT2D eigenvalue weighted by atomic mass is 10.1. The van der Waals surface area contributed by atoms with Gasteiger partial charge in [0.2, 0.25) is 0 Å². The van der Waals surface area contributed by atoms with Crippen molar-refractivity contribution in [2.75, 3.05) is 23.3 Å². The zero-order chi connectivity index (χ0) is 20.4. The molecule has 2 aromatic carbocycles. The average Bonchev–Trinajstić information content (AvgIpc) is 3.05. The Bertz CT molecular complexity index is 1040. The Hall–Kier alpha value is -3.22. The quantitative estimate of drug-likeness (QED) is 0.701. The molecule has 1 aliphatic heterocycles. The van der Waals surface area contributed by atoms with Gasteiger partial charge in [-0.3, -0.25) is 9.48 Å². The van der Waals surface area contributed by atoms with E-state index in [-0.39, 0.29) is 11.4 Å². The first-order valence-electron chi connectivity index (χ1n) is 9.68. The predicted octanol–water partition coefficient (Wildman–Crippen LogP) is 4.61. The van der Waals surface area contributed by atoms with Crippen molar-refractivity contribution in [3.05, 3.63) is 65.7 Å². The van der Waals surface area contributed by atoms with Gasteiger partial charge in [-0.25, -0.2) is 8.78 Å². The van der Waals surface area contributed by atoms with Gasteiger partial charge in [0.15, 0.2) is 5.82 Å². The van der Waals surface area contributed by atoms with Gasteiger partial charge in [-0.15, -0.1) is 0 Å². The van der Waals surface area contributed by atoms with E-state index >= 15 is 0 Å². The standard InChI is InChI=1S/C22H22F2N4O/c1-27-21(25-22(29)17-10-3-4-11-18(17)24)20(28-12-5-2-6-13-28)19(26-27)15-8-7-9-16(23)14-15/h3-4,7-11,14H,2,5-6,12-13H2,1H3,(H,25,29). The zero-order valence-electron chi connectivity index (χ0n) is 16.2. The maximum Gasteiger partial charge on any atom is 0.259 e. The third kappa shape index (κ3) is 3.85.